The molecule has 4 heteroatoms. The van der Waals surface area contributed by atoms with Gasteiger partial charge in [0.05, 0.1) is 11.6 Å². The molecule has 0 spiro atoms. The van der Waals surface area contributed by atoms with Crippen LogP contribution in [0, 0.1) is 0 Å². The highest BCUT2D eigenvalue weighted by Gasteiger charge is 2.14. The molecule has 0 saturated carbocycles. The van der Waals surface area contributed by atoms with Crippen LogP contribution >= 0.6 is 15.9 Å². The maximum Gasteiger partial charge on any atom is 0.255 e. The van der Waals surface area contributed by atoms with Gasteiger partial charge < -0.3 is 10.4 Å². The monoisotopic (exact) mass is 319 g/mol. The second-order valence-electron chi connectivity index (χ2n) is 4.27. The smallest absolute Gasteiger partial charge is 0.255 e. The summed E-state index contributed by atoms with van der Waals surface area (Å²) in [6, 6.07) is 14.4. The quantitative estimate of drug-likeness (QED) is 0.907. The van der Waals surface area contributed by atoms with E-state index in [1.807, 2.05) is 37.3 Å². The first kappa shape index (κ1) is 13.6. The molecule has 3 nitrogen and oxygen atoms in total. The molecule has 0 fully saturated rings. The number of halogens is 1. The van der Waals surface area contributed by atoms with Gasteiger partial charge in [-0.1, -0.05) is 46.3 Å². The fourth-order valence-electron chi connectivity index (χ4n) is 1.80. The first-order chi connectivity index (χ1) is 9.08. The van der Waals surface area contributed by atoms with Gasteiger partial charge in [-0.05, 0) is 30.7 Å². The first-order valence-electron chi connectivity index (χ1n) is 5.92. The van der Waals surface area contributed by atoms with Gasteiger partial charge in [-0.3, -0.25) is 4.79 Å². The molecule has 0 bridgehead atoms. The Morgan fingerprint density at radius 1 is 1.21 bits per heavy atom. The highest BCUT2D eigenvalue weighted by Crippen LogP contribution is 2.23. The van der Waals surface area contributed by atoms with Gasteiger partial charge in [-0.15, -0.1) is 0 Å². The highest BCUT2D eigenvalue weighted by atomic mass is 79.9. The molecule has 0 heterocycles. The fourth-order valence-corrected chi connectivity index (χ4v) is 2.15. The van der Waals surface area contributed by atoms with Crippen LogP contribution < -0.4 is 5.32 Å². The third-order valence-corrected chi connectivity index (χ3v) is 3.34. The van der Waals surface area contributed by atoms with Crippen LogP contribution in [0.1, 0.15) is 28.9 Å². The van der Waals surface area contributed by atoms with E-state index < -0.39 is 0 Å². The summed E-state index contributed by atoms with van der Waals surface area (Å²) < 4.78 is 0.734. The fraction of sp³-hybridized carbons (Fsp3) is 0.133. The molecule has 1 atom stereocenters. The number of phenols is 1. The third-order valence-electron chi connectivity index (χ3n) is 2.85. The number of amides is 1. The average Bonchev–Trinajstić information content (AvgIpc) is 2.39. The normalized spacial score (nSPS) is 11.9. The van der Waals surface area contributed by atoms with Crippen LogP contribution in [0.4, 0.5) is 0 Å². The first-order valence-corrected chi connectivity index (χ1v) is 6.71. The van der Waals surface area contributed by atoms with Gasteiger partial charge in [0.15, 0.2) is 0 Å². The number of benzene rings is 2. The van der Waals surface area contributed by atoms with Crippen LogP contribution in [-0.2, 0) is 0 Å². The van der Waals surface area contributed by atoms with E-state index in [1.165, 1.54) is 6.07 Å². The minimum atomic E-state index is -0.290. The Kier molecular flexibility index (Phi) is 4.22. The maximum atomic E-state index is 12.1. The zero-order chi connectivity index (χ0) is 13.8. The van der Waals surface area contributed by atoms with Crippen LogP contribution in [0.2, 0.25) is 0 Å². The Morgan fingerprint density at radius 2 is 1.89 bits per heavy atom. The summed E-state index contributed by atoms with van der Waals surface area (Å²) in [5.74, 6) is -0.325. The van der Waals surface area contributed by atoms with Crippen LogP contribution in [0.15, 0.2) is 53.0 Å². The predicted molar refractivity (Wildman–Crippen MR) is 78.1 cm³/mol. The molecule has 19 heavy (non-hydrogen) atoms. The average molecular weight is 320 g/mol. The summed E-state index contributed by atoms with van der Waals surface area (Å²) in [4.78, 5) is 12.1. The van der Waals surface area contributed by atoms with E-state index in [0.29, 0.717) is 0 Å². The number of aromatic hydroxyl groups is 1. The van der Waals surface area contributed by atoms with Crippen molar-refractivity contribution in [2.75, 3.05) is 0 Å². The lowest BCUT2D eigenvalue weighted by molar-refractivity contribution is 0.0937. The van der Waals surface area contributed by atoms with E-state index in [-0.39, 0.29) is 23.3 Å². The summed E-state index contributed by atoms with van der Waals surface area (Å²) >= 11 is 3.24. The van der Waals surface area contributed by atoms with E-state index >= 15 is 0 Å². The van der Waals surface area contributed by atoms with E-state index in [2.05, 4.69) is 21.2 Å². The lowest BCUT2D eigenvalue weighted by atomic mass is 10.1. The summed E-state index contributed by atoms with van der Waals surface area (Å²) in [6.45, 7) is 1.91. The van der Waals surface area contributed by atoms with Crippen molar-refractivity contribution < 1.29 is 9.90 Å². The Bertz CT molecular complexity index is 584. The molecule has 0 saturated heterocycles. The highest BCUT2D eigenvalue weighted by molar-refractivity contribution is 9.10. The summed E-state index contributed by atoms with van der Waals surface area (Å²) in [5.41, 5.74) is 1.29. The Balaban J connectivity index is 2.13. The molecule has 1 unspecified atom stereocenters. The van der Waals surface area contributed by atoms with Crippen LogP contribution in [-0.4, -0.2) is 11.0 Å². The lowest BCUT2D eigenvalue weighted by Gasteiger charge is -2.14. The van der Waals surface area contributed by atoms with Crippen LogP contribution in [0.25, 0.3) is 0 Å². The molecule has 1 amide bonds. The Labute approximate surface area is 120 Å². The molecule has 0 aliphatic carbocycles. The Morgan fingerprint density at radius 3 is 2.53 bits per heavy atom. The minimum Gasteiger partial charge on any atom is -0.507 e. The Hall–Kier alpha value is -1.81. The number of carbonyl (C=O) groups excluding carboxylic acids is 1. The molecule has 2 rings (SSSR count). The van der Waals surface area contributed by atoms with E-state index in [4.69, 9.17) is 0 Å². The number of carbonyl (C=O) groups is 1. The van der Waals surface area contributed by atoms with E-state index in [0.717, 1.165) is 10.0 Å². The van der Waals surface area contributed by atoms with Gasteiger partial charge in [-0.2, -0.15) is 0 Å². The lowest BCUT2D eigenvalue weighted by Crippen LogP contribution is -2.26. The molecule has 0 aromatic heterocycles. The molecule has 0 aliphatic rings. The third kappa shape index (κ3) is 3.35. The molecular formula is C15H14BrNO2. The number of hydrogen-bond acceptors (Lipinski definition) is 2. The zero-order valence-corrected chi connectivity index (χ0v) is 12.0. The van der Waals surface area contributed by atoms with Crippen molar-refractivity contribution in [2.24, 2.45) is 0 Å². The van der Waals surface area contributed by atoms with Gasteiger partial charge in [-0.25, -0.2) is 0 Å². The standard InChI is InChI=1S/C15H14BrNO2/c1-10(11-5-3-2-4-6-11)17-15(19)13-8-7-12(16)9-14(13)18/h2-10,18H,1H3,(H,17,19). The van der Waals surface area contributed by atoms with Gasteiger partial charge in [0.1, 0.15) is 5.75 Å². The van der Waals surface area contributed by atoms with Gasteiger partial charge in [0.2, 0.25) is 0 Å². The number of rotatable bonds is 3. The second-order valence-corrected chi connectivity index (χ2v) is 5.18. The number of hydrogen-bond donors (Lipinski definition) is 2. The predicted octanol–water partition coefficient (Wildman–Crippen LogP) is 3.65. The van der Waals surface area contributed by atoms with Gasteiger partial charge in [0.25, 0.3) is 5.91 Å². The van der Waals surface area contributed by atoms with Crippen molar-refractivity contribution in [2.45, 2.75) is 13.0 Å². The molecule has 2 aromatic carbocycles. The second kappa shape index (κ2) is 5.89. The summed E-state index contributed by atoms with van der Waals surface area (Å²) in [6.07, 6.45) is 0. The molecule has 2 N–H and O–H groups in total. The largest absolute Gasteiger partial charge is 0.507 e. The number of phenolic OH excluding ortho intramolecular Hbond substituents is 1. The maximum absolute atomic E-state index is 12.1. The van der Waals surface area contributed by atoms with E-state index in [9.17, 15) is 9.90 Å². The molecule has 98 valence electrons. The topological polar surface area (TPSA) is 49.3 Å². The van der Waals surface area contributed by atoms with Crippen LogP contribution in [0.5, 0.6) is 5.75 Å². The molecule has 0 radical (unpaired) electrons. The van der Waals surface area contributed by atoms with Crippen molar-refractivity contribution in [1.82, 2.24) is 5.32 Å². The molecule has 2 aromatic rings. The number of nitrogens with one attached hydrogen (secondary N) is 1. The van der Waals surface area contributed by atoms with Crippen molar-refractivity contribution >= 4 is 21.8 Å². The van der Waals surface area contributed by atoms with Gasteiger partial charge >= 0.3 is 0 Å². The van der Waals surface area contributed by atoms with Crippen molar-refractivity contribution in [3.63, 3.8) is 0 Å². The van der Waals surface area contributed by atoms with Crippen molar-refractivity contribution in [3.8, 4) is 5.75 Å². The SMILES string of the molecule is CC(NC(=O)c1ccc(Br)cc1O)c1ccccc1. The van der Waals surface area contributed by atoms with Gasteiger partial charge in [0, 0.05) is 4.47 Å². The minimum absolute atomic E-state index is 0.0351. The van der Waals surface area contributed by atoms with Crippen LogP contribution in [0.3, 0.4) is 0 Å². The zero-order valence-electron chi connectivity index (χ0n) is 10.4. The van der Waals surface area contributed by atoms with E-state index in [1.54, 1.807) is 12.1 Å². The molecular weight excluding hydrogens is 306 g/mol. The summed E-state index contributed by atoms with van der Waals surface area (Å²) in [5, 5.41) is 12.6. The van der Waals surface area contributed by atoms with Crippen molar-refractivity contribution in [3.05, 3.63) is 64.1 Å². The summed E-state index contributed by atoms with van der Waals surface area (Å²) in [7, 11) is 0. The molecule has 0 aliphatic heterocycles. The van der Waals surface area contributed by atoms with Crippen molar-refractivity contribution in [1.29, 1.82) is 0 Å².